The van der Waals surface area contributed by atoms with Crippen LogP contribution in [0.3, 0.4) is 0 Å². The predicted octanol–water partition coefficient (Wildman–Crippen LogP) is 2.45. The van der Waals surface area contributed by atoms with E-state index in [-0.39, 0.29) is 0 Å². The Balaban J connectivity index is 1.95. The second-order valence-corrected chi connectivity index (χ2v) is 4.47. The molecule has 0 aliphatic rings. The van der Waals surface area contributed by atoms with Gasteiger partial charge in [-0.2, -0.15) is 11.3 Å². The van der Waals surface area contributed by atoms with Crippen LogP contribution in [0.1, 0.15) is 24.9 Å². The average Bonchev–Trinajstić information content (AvgIpc) is 2.81. The fourth-order valence-electron chi connectivity index (χ4n) is 1.39. The molecule has 1 aromatic heterocycles. The van der Waals surface area contributed by atoms with Crippen LogP contribution >= 0.6 is 11.3 Å². The van der Waals surface area contributed by atoms with Crippen molar-refractivity contribution in [3.63, 3.8) is 0 Å². The lowest BCUT2D eigenvalue weighted by atomic mass is 10.2. The molecule has 92 valence electrons. The largest absolute Gasteiger partial charge is 0.385 e. The maximum absolute atomic E-state index is 5.46. The van der Waals surface area contributed by atoms with Crippen molar-refractivity contribution in [2.45, 2.75) is 19.4 Å². The van der Waals surface area contributed by atoms with E-state index in [4.69, 9.17) is 9.47 Å². The van der Waals surface area contributed by atoms with Gasteiger partial charge in [-0.25, -0.2) is 0 Å². The van der Waals surface area contributed by atoms with E-state index < -0.39 is 0 Å². The Bertz CT molecular complexity index is 252. The van der Waals surface area contributed by atoms with Crippen molar-refractivity contribution in [3.05, 3.63) is 22.4 Å². The minimum atomic E-state index is 0.411. The lowest BCUT2D eigenvalue weighted by molar-refractivity contribution is 0.103. The number of ether oxygens (including phenoxy) is 2. The Morgan fingerprint density at radius 2 is 2.25 bits per heavy atom. The van der Waals surface area contributed by atoms with Crippen LogP contribution < -0.4 is 5.32 Å². The van der Waals surface area contributed by atoms with E-state index in [2.05, 4.69) is 29.1 Å². The van der Waals surface area contributed by atoms with Crippen LogP contribution in [0.15, 0.2) is 16.8 Å². The standard InChI is InChI=1S/C12H21NO2S/c1-11(12-4-9-16-10-12)13-5-8-15-7-3-6-14-2/h4,9-11,13H,3,5-8H2,1-2H3. The molecule has 1 unspecified atom stereocenters. The first-order chi connectivity index (χ1) is 7.84. The van der Waals surface area contributed by atoms with Gasteiger partial charge in [0.1, 0.15) is 0 Å². The monoisotopic (exact) mass is 243 g/mol. The third-order valence-corrected chi connectivity index (χ3v) is 3.08. The molecule has 0 amide bonds. The first-order valence-corrected chi connectivity index (χ1v) is 6.61. The van der Waals surface area contributed by atoms with Crippen LogP contribution in [0.5, 0.6) is 0 Å². The van der Waals surface area contributed by atoms with Crippen LogP contribution in [-0.2, 0) is 9.47 Å². The van der Waals surface area contributed by atoms with Crippen LogP contribution in [0.25, 0.3) is 0 Å². The van der Waals surface area contributed by atoms with E-state index >= 15 is 0 Å². The molecule has 0 saturated carbocycles. The van der Waals surface area contributed by atoms with Crippen molar-refractivity contribution in [3.8, 4) is 0 Å². The molecule has 0 fully saturated rings. The highest BCUT2D eigenvalue weighted by Crippen LogP contribution is 2.14. The lowest BCUT2D eigenvalue weighted by Crippen LogP contribution is -2.23. The van der Waals surface area contributed by atoms with E-state index in [0.717, 1.165) is 32.8 Å². The Morgan fingerprint density at radius 1 is 1.38 bits per heavy atom. The Hall–Kier alpha value is -0.420. The van der Waals surface area contributed by atoms with Crippen molar-refractivity contribution in [1.29, 1.82) is 0 Å². The van der Waals surface area contributed by atoms with Crippen molar-refractivity contribution < 1.29 is 9.47 Å². The summed E-state index contributed by atoms with van der Waals surface area (Å²) in [5, 5.41) is 7.71. The average molecular weight is 243 g/mol. The molecule has 0 bridgehead atoms. The molecule has 0 radical (unpaired) electrons. The van der Waals surface area contributed by atoms with Gasteiger partial charge in [-0.1, -0.05) is 0 Å². The van der Waals surface area contributed by atoms with Crippen LogP contribution in [0, 0.1) is 0 Å². The molecule has 1 aromatic rings. The highest BCUT2D eigenvalue weighted by atomic mass is 32.1. The van der Waals surface area contributed by atoms with Crippen molar-refractivity contribution in [2.24, 2.45) is 0 Å². The summed E-state index contributed by atoms with van der Waals surface area (Å²) in [6, 6.07) is 2.57. The van der Waals surface area contributed by atoms with Gasteiger partial charge in [0.05, 0.1) is 6.61 Å². The van der Waals surface area contributed by atoms with Gasteiger partial charge in [0, 0.05) is 32.9 Å². The molecule has 0 spiro atoms. The molecule has 3 nitrogen and oxygen atoms in total. The number of rotatable bonds is 9. The zero-order valence-corrected chi connectivity index (χ0v) is 10.9. The summed E-state index contributed by atoms with van der Waals surface area (Å²) in [7, 11) is 1.71. The Labute approximate surface area is 102 Å². The lowest BCUT2D eigenvalue weighted by Gasteiger charge is -2.12. The zero-order valence-electron chi connectivity index (χ0n) is 10.1. The van der Waals surface area contributed by atoms with Gasteiger partial charge in [0.15, 0.2) is 0 Å². The first-order valence-electron chi connectivity index (χ1n) is 5.66. The molecular weight excluding hydrogens is 222 g/mol. The fourth-order valence-corrected chi connectivity index (χ4v) is 2.15. The molecule has 0 aromatic carbocycles. The van der Waals surface area contributed by atoms with Crippen LogP contribution in [0.4, 0.5) is 0 Å². The number of nitrogens with one attached hydrogen (secondary N) is 1. The highest BCUT2D eigenvalue weighted by molar-refractivity contribution is 7.07. The van der Waals surface area contributed by atoms with Gasteiger partial charge in [-0.15, -0.1) is 0 Å². The fraction of sp³-hybridized carbons (Fsp3) is 0.667. The second-order valence-electron chi connectivity index (χ2n) is 3.69. The number of methoxy groups -OCH3 is 1. The zero-order chi connectivity index (χ0) is 11.6. The van der Waals surface area contributed by atoms with Gasteiger partial charge in [0.2, 0.25) is 0 Å². The molecule has 1 rings (SSSR count). The minimum Gasteiger partial charge on any atom is -0.385 e. The third-order valence-electron chi connectivity index (χ3n) is 2.38. The highest BCUT2D eigenvalue weighted by Gasteiger charge is 2.03. The summed E-state index contributed by atoms with van der Waals surface area (Å²) in [5.41, 5.74) is 1.35. The number of hydrogen-bond donors (Lipinski definition) is 1. The van der Waals surface area contributed by atoms with E-state index in [9.17, 15) is 0 Å². The van der Waals surface area contributed by atoms with Crippen molar-refractivity contribution in [2.75, 3.05) is 33.5 Å². The van der Waals surface area contributed by atoms with Gasteiger partial charge >= 0.3 is 0 Å². The van der Waals surface area contributed by atoms with Gasteiger partial charge in [-0.05, 0) is 35.7 Å². The quantitative estimate of drug-likeness (QED) is 0.676. The number of hydrogen-bond acceptors (Lipinski definition) is 4. The molecule has 1 heterocycles. The first kappa shape index (κ1) is 13.6. The van der Waals surface area contributed by atoms with Gasteiger partial charge in [-0.3, -0.25) is 0 Å². The molecule has 0 saturated heterocycles. The number of thiophene rings is 1. The van der Waals surface area contributed by atoms with Gasteiger partial charge < -0.3 is 14.8 Å². The van der Waals surface area contributed by atoms with Crippen molar-refractivity contribution >= 4 is 11.3 Å². The topological polar surface area (TPSA) is 30.5 Å². The molecule has 1 atom stereocenters. The Morgan fingerprint density at radius 3 is 2.94 bits per heavy atom. The second kappa shape index (κ2) is 8.70. The summed E-state index contributed by atoms with van der Waals surface area (Å²) in [6.07, 6.45) is 0.969. The SMILES string of the molecule is COCCCOCCNC(C)c1ccsc1. The van der Waals surface area contributed by atoms with Crippen LogP contribution in [0.2, 0.25) is 0 Å². The molecular formula is C12H21NO2S. The molecule has 0 aliphatic carbocycles. The maximum atomic E-state index is 5.46. The summed E-state index contributed by atoms with van der Waals surface area (Å²) >= 11 is 1.74. The van der Waals surface area contributed by atoms with E-state index in [0.29, 0.717) is 6.04 Å². The Kier molecular flexibility index (Phi) is 7.42. The molecule has 1 N–H and O–H groups in total. The van der Waals surface area contributed by atoms with Crippen LogP contribution in [-0.4, -0.2) is 33.5 Å². The predicted molar refractivity (Wildman–Crippen MR) is 68.0 cm³/mol. The summed E-state index contributed by atoms with van der Waals surface area (Å²) in [4.78, 5) is 0. The molecule has 4 heteroatoms. The van der Waals surface area contributed by atoms with E-state index in [1.54, 1.807) is 18.4 Å². The van der Waals surface area contributed by atoms with E-state index in [1.165, 1.54) is 5.56 Å². The third kappa shape index (κ3) is 5.61. The normalized spacial score (nSPS) is 12.9. The van der Waals surface area contributed by atoms with E-state index in [1.807, 2.05) is 0 Å². The smallest absolute Gasteiger partial charge is 0.0591 e. The summed E-state index contributed by atoms with van der Waals surface area (Å²) < 4.78 is 10.4. The van der Waals surface area contributed by atoms with Gasteiger partial charge in [0.25, 0.3) is 0 Å². The maximum Gasteiger partial charge on any atom is 0.0591 e. The molecule has 16 heavy (non-hydrogen) atoms. The summed E-state index contributed by atoms with van der Waals surface area (Å²) in [6.45, 7) is 5.39. The summed E-state index contributed by atoms with van der Waals surface area (Å²) in [5.74, 6) is 0. The molecule has 0 aliphatic heterocycles. The minimum absolute atomic E-state index is 0.411. The van der Waals surface area contributed by atoms with Crippen molar-refractivity contribution in [1.82, 2.24) is 5.32 Å².